The van der Waals surface area contributed by atoms with Gasteiger partial charge in [-0.25, -0.2) is 4.98 Å². The maximum Gasteiger partial charge on any atom is 0.226 e. The van der Waals surface area contributed by atoms with Crippen LogP contribution in [0.2, 0.25) is 0 Å². The van der Waals surface area contributed by atoms with Crippen LogP contribution in [0.15, 0.2) is 59.2 Å². The number of hydrogen-bond donors (Lipinski definition) is 0. The Morgan fingerprint density at radius 2 is 1.84 bits per heavy atom. The van der Waals surface area contributed by atoms with Gasteiger partial charge in [-0.15, -0.1) is 0 Å². The molecule has 0 atom stereocenters. The van der Waals surface area contributed by atoms with E-state index in [0.29, 0.717) is 12.5 Å². The van der Waals surface area contributed by atoms with Crippen molar-refractivity contribution in [2.45, 2.75) is 18.4 Å². The zero-order valence-electron chi connectivity index (χ0n) is 14.4. The fourth-order valence-corrected chi connectivity index (χ4v) is 3.33. The molecule has 0 aliphatic heterocycles. The fraction of sp³-hybridized carbons (Fsp3) is 0.250. The molecule has 0 saturated heterocycles. The molecule has 5 heteroatoms. The molecule has 4 nitrogen and oxygen atoms in total. The van der Waals surface area contributed by atoms with Gasteiger partial charge in [-0.3, -0.25) is 0 Å². The van der Waals surface area contributed by atoms with E-state index in [4.69, 9.17) is 13.9 Å². The molecule has 130 valence electrons. The van der Waals surface area contributed by atoms with Crippen molar-refractivity contribution >= 4 is 11.8 Å². The third kappa shape index (κ3) is 4.57. The van der Waals surface area contributed by atoms with Gasteiger partial charge in [-0.1, -0.05) is 18.2 Å². The molecular formula is C20H21NO3S. The van der Waals surface area contributed by atoms with Crippen molar-refractivity contribution in [2.24, 2.45) is 0 Å². The van der Waals surface area contributed by atoms with Crippen molar-refractivity contribution < 1.29 is 13.9 Å². The van der Waals surface area contributed by atoms with E-state index < -0.39 is 0 Å². The van der Waals surface area contributed by atoms with Crippen LogP contribution in [0.1, 0.15) is 18.2 Å². The topological polar surface area (TPSA) is 44.5 Å². The van der Waals surface area contributed by atoms with E-state index in [1.807, 2.05) is 49.4 Å². The maximum absolute atomic E-state index is 5.66. The normalized spacial score (nSPS) is 10.6. The number of oxazole rings is 1. The Hall–Kier alpha value is -2.40. The summed E-state index contributed by atoms with van der Waals surface area (Å²) in [4.78, 5) is 4.57. The van der Waals surface area contributed by atoms with Crippen molar-refractivity contribution in [1.29, 1.82) is 0 Å². The van der Waals surface area contributed by atoms with Crippen LogP contribution in [0.5, 0.6) is 11.5 Å². The van der Waals surface area contributed by atoms with Crippen molar-refractivity contribution in [3.63, 3.8) is 0 Å². The zero-order valence-corrected chi connectivity index (χ0v) is 15.2. The number of nitrogens with zero attached hydrogens (tertiary/aromatic N) is 1. The Morgan fingerprint density at radius 3 is 2.60 bits per heavy atom. The molecule has 0 N–H and O–H groups in total. The molecule has 0 radical (unpaired) electrons. The molecular weight excluding hydrogens is 334 g/mol. The molecule has 3 rings (SSSR count). The fourth-order valence-electron chi connectivity index (χ4n) is 2.42. The first-order valence-electron chi connectivity index (χ1n) is 8.17. The summed E-state index contributed by atoms with van der Waals surface area (Å²) in [6, 6.07) is 15.8. The Bertz CT molecular complexity index is 799. The van der Waals surface area contributed by atoms with Crippen LogP contribution < -0.4 is 9.47 Å². The number of para-hydroxylation sites is 1. The van der Waals surface area contributed by atoms with Gasteiger partial charge in [0.25, 0.3) is 0 Å². The summed E-state index contributed by atoms with van der Waals surface area (Å²) in [7, 11) is 1.65. The van der Waals surface area contributed by atoms with Gasteiger partial charge in [-0.05, 0) is 37.3 Å². The second kappa shape index (κ2) is 8.62. The summed E-state index contributed by atoms with van der Waals surface area (Å²) in [5.74, 6) is 4.07. The van der Waals surface area contributed by atoms with Gasteiger partial charge >= 0.3 is 0 Å². The summed E-state index contributed by atoms with van der Waals surface area (Å²) in [5, 5.41) is 0. The highest BCUT2D eigenvalue weighted by Crippen LogP contribution is 2.27. The molecule has 0 bridgehead atoms. The highest BCUT2D eigenvalue weighted by molar-refractivity contribution is 7.97. The Labute approximate surface area is 152 Å². The first kappa shape index (κ1) is 17.4. The summed E-state index contributed by atoms with van der Waals surface area (Å²) >= 11 is 1.79. The standard InChI is InChI=1S/C20H21NO3S/c1-3-23-19-7-5-4-6-16(19)13-25-14-17-12-24-20(21-17)15-8-10-18(22-2)11-9-15/h4-12H,3,13-14H2,1-2H3. The average molecular weight is 355 g/mol. The number of methoxy groups -OCH3 is 1. The predicted octanol–water partition coefficient (Wildman–Crippen LogP) is 5.18. The number of benzene rings is 2. The minimum absolute atomic E-state index is 0.632. The average Bonchev–Trinajstić information content (AvgIpc) is 3.12. The molecule has 0 fully saturated rings. The van der Waals surface area contributed by atoms with Crippen molar-refractivity contribution in [3.05, 3.63) is 66.1 Å². The minimum Gasteiger partial charge on any atom is -0.497 e. The smallest absolute Gasteiger partial charge is 0.226 e. The third-order valence-corrected chi connectivity index (χ3v) is 4.68. The van der Waals surface area contributed by atoms with E-state index in [0.717, 1.165) is 34.3 Å². The number of thioether (sulfide) groups is 1. The maximum atomic E-state index is 5.66. The SMILES string of the molecule is CCOc1ccccc1CSCc1coc(-c2ccc(OC)cc2)n1. The molecule has 3 aromatic rings. The molecule has 2 aromatic carbocycles. The summed E-state index contributed by atoms with van der Waals surface area (Å²) in [6.45, 7) is 2.68. The summed E-state index contributed by atoms with van der Waals surface area (Å²) < 4.78 is 16.4. The van der Waals surface area contributed by atoms with Gasteiger partial charge in [0, 0.05) is 22.6 Å². The van der Waals surface area contributed by atoms with Crippen LogP contribution in [-0.4, -0.2) is 18.7 Å². The van der Waals surface area contributed by atoms with Gasteiger partial charge in [0.1, 0.15) is 17.8 Å². The quantitative estimate of drug-likeness (QED) is 0.557. The highest BCUT2D eigenvalue weighted by atomic mass is 32.2. The lowest BCUT2D eigenvalue weighted by molar-refractivity contribution is 0.337. The first-order valence-corrected chi connectivity index (χ1v) is 9.33. The monoisotopic (exact) mass is 355 g/mol. The Balaban J connectivity index is 1.58. The summed E-state index contributed by atoms with van der Waals surface area (Å²) in [5.41, 5.74) is 3.08. The lowest BCUT2D eigenvalue weighted by Gasteiger charge is -2.09. The van der Waals surface area contributed by atoms with Crippen LogP contribution in [-0.2, 0) is 11.5 Å². The third-order valence-electron chi connectivity index (χ3n) is 3.67. The Kier molecular flexibility index (Phi) is 6.01. The van der Waals surface area contributed by atoms with Crippen molar-refractivity contribution in [2.75, 3.05) is 13.7 Å². The van der Waals surface area contributed by atoms with Gasteiger partial charge in [0.05, 0.1) is 19.4 Å². The highest BCUT2D eigenvalue weighted by Gasteiger charge is 2.08. The second-order valence-electron chi connectivity index (χ2n) is 5.41. The Morgan fingerprint density at radius 1 is 1.04 bits per heavy atom. The lowest BCUT2D eigenvalue weighted by Crippen LogP contribution is -1.95. The molecule has 0 amide bonds. The number of aromatic nitrogens is 1. The second-order valence-corrected chi connectivity index (χ2v) is 6.39. The van der Waals surface area contributed by atoms with E-state index >= 15 is 0 Å². The van der Waals surface area contributed by atoms with Crippen LogP contribution in [0, 0.1) is 0 Å². The molecule has 0 unspecified atom stereocenters. The van der Waals surface area contributed by atoms with Crippen LogP contribution >= 0.6 is 11.8 Å². The van der Waals surface area contributed by atoms with Gasteiger partial charge in [-0.2, -0.15) is 11.8 Å². The minimum atomic E-state index is 0.632. The zero-order chi connectivity index (χ0) is 17.5. The van der Waals surface area contributed by atoms with Gasteiger partial charge < -0.3 is 13.9 Å². The molecule has 0 saturated carbocycles. The molecule has 0 aliphatic carbocycles. The first-order chi connectivity index (χ1) is 12.3. The molecule has 1 heterocycles. The lowest BCUT2D eigenvalue weighted by atomic mass is 10.2. The van der Waals surface area contributed by atoms with Crippen LogP contribution in [0.4, 0.5) is 0 Å². The molecule has 0 spiro atoms. The molecule has 25 heavy (non-hydrogen) atoms. The van der Waals surface area contributed by atoms with Crippen molar-refractivity contribution in [1.82, 2.24) is 4.98 Å². The van der Waals surface area contributed by atoms with E-state index in [-0.39, 0.29) is 0 Å². The van der Waals surface area contributed by atoms with E-state index in [2.05, 4.69) is 11.1 Å². The molecule has 0 aliphatic rings. The number of ether oxygens (including phenoxy) is 2. The van der Waals surface area contributed by atoms with E-state index in [1.54, 1.807) is 25.1 Å². The van der Waals surface area contributed by atoms with Crippen LogP contribution in [0.25, 0.3) is 11.5 Å². The van der Waals surface area contributed by atoms with Gasteiger partial charge in [0.2, 0.25) is 5.89 Å². The number of hydrogen-bond acceptors (Lipinski definition) is 5. The van der Waals surface area contributed by atoms with E-state index in [9.17, 15) is 0 Å². The van der Waals surface area contributed by atoms with Gasteiger partial charge in [0.15, 0.2) is 0 Å². The van der Waals surface area contributed by atoms with Crippen molar-refractivity contribution in [3.8, 4) is 23.0 Å². The number of rotatable bonds is 8. The van der Waals surface area contributed by atoms with E-state index in [1.165, 1.54) is 5.56 Å². The molecule has 1 aromatic heterocycles. The largest absolute Gasteiger partial charge is 0.497 e. The summed E-state index contributed by atoms with van der Waals surface area (Å²) in [6.07, 6.45) is 1.72. The van der Waals surface area contributed by atoms with Crippen LogP contribution in [0.3, 0.4) is 0 Å². The predicted molar refractivity (Wildman–Crippen MR) is 101 cm³/mol.